The molecule has 0 unspecified atom stereocenters. The number of pyridine rings is 1. The van der Waals surface area contributed by atoms with Gasteiger partial charge in [0.2, 0.25) is 11.8 Å². The first-order chi connectivity index (χ1) is 12.5. The van der Waals surface area contributed by atoms with E-state index in [1.165, 1.54) is 6.92 Å². The van der Waals surface area contributed by atoms with Crippen molar-refractivity contribution in [3.05, 3.63) is 64.9 Å². The number of benzene rings is 1. The Kier molecular flexibility index (Phi) is 7.60. The monoisotopic (exact) mass is 373 g/mol. The molecule has 1 heterocycles. The highest BCUT2D eigenvalue weighted by Gasteiger charge is 2.16. The van der Waals surface area contributed by atoms with Crippen molar-refractivity contribution < 1.29 is 9.59 Å². The van der Waals surface area contributed by atoms with Crippen molar-refractivity contribution >= 4 is 23.4 Å². The molecule has 0 aliphatic rings. The van der Waals surface area contributed by atoms with Crippen molar-refractivity contribution in [1.29, 1.82) is 0 Å². The summed E-state index contributed by atoms with van der Waals surface area (Å²) in [6, 6.07) is 11.4. The number of nitrogens with zero attached hydrogens (tertiary/aromatic N) is 3. The molecule has 138 valence electrons. The molecule has 2 amide bonds. The largest absolute Gasteiger partial charge is 0.344 e. The molecule has 2 rings (SSSR count). The molecule has 26 heavy (non-hydrogen) atoms. The van der Waals surface area contributed by atoms with Crippen LogP contribution in [0.2, 0.25) is 5.02 Å². The SMILES string of the molecule is CC(=O)N(CCc1cccc(Cl)c1)CC(=O)N(C)CCc1ccncc1. The molecular weight excluding hydrogens is 350 g/mol. The summed E-state index contributed by atoms with van der Waals surface area (Å²) in [4.78, 5) is 31.6. The van der Waals surface area contributed by atoms with Gasteiger partial charge in [-0.3, -0.25) is 14.6 Å². The van der Waals surface area contributed by atoms with Crippen LogP contribution in [0, 0.1) is 0 Å². The Morgan fingerprint density at radius 2 is 1.73 bits per heavy atom. The smallest absolute Gasteiger partial charge is 0.241 e. The Labute approximate surface area is 159 Å². The molecule has 0 radical (unpaired) electrons. The van der Waals surface area contributed by atoms with Gasteiger partial charge in [0.25, 0.3) is 0 Å². The van der Waals surface area contributed by atoms with Crippen LogP contribution in [-0.2, 0) is 22.4 Å². The summed E-state index contributed by atoms with van der Waals surface area (Å²) >= 11 is 5.99. The van der Waals surface area contributed by atoms with E-state index in [0.29, 0.717) is 24.5 Å². The van der Waals surface area contributed by atoms with Crippen LogP contribution in [0.25, 0.3) is 0 Å². The van der Waals surface area contributed by atoms with Crippen LogP contribution >= 0.6 is 11.6 Å². The lowest BCUT2D eigenvalue weighted by Crippen LogP contribution is -2.42. The maximum atomic E-state index is 12.4. The lowest BCUT2D eigenvalue weighted by Gasteiger charge is -2.24. The molecule has 1 aromatic heterocycles. The third-order valence-corrected chi connectivity index (χ3v) is 4.48. The Morgan fingerprint density at radius 3 is 2.38 bits per heavy atom. The van der Waals surface area contributed by atoms with Crippen molar-refractivity contribution in [3.8, 4) is 0 Å². The number of rotatable bonds is 8. The Bertz CT molecular complexity index is 737. The average Bonchev–Trinajstić information content (AvgIpc) is 2.63. The molecule has 6 heteroatoms. The lowest BCUT2D eigenvalue weighted by molar-refractivity contribution is -0.138. The minimum absolute atomic E-state index is 0.0691. The van der Waals surface area contributed by atoms with Crippen LogP contribution in [0.4, 0.5) is 0 Å². The fourth-order valence-corrected chi connectivity index (χ4v) is 2.77. The first kappa shape index (κ1) is 19.9. The number of aromatic nitrogens is 1. The van der Waals surface area contributed by atoms with Crippen molar-refractivity contribution in [1.82, 2.24) is 14.8 Å². The number of carbonyl (C=O) groups is 2. The molecule has 0 atom stereocenters. The number of carbonyl (C=O) groups excluding carboxylic acids is 2. The second-order valence-electron chi connectivity index (χ2n) is 6.24. The molecule has 0 saturated heterocycles. The van der Waals surface area contributed by atoms with Crippen molar-refractivity contribution in [3.63, 3.8) is 0 Å². The van der Waals surface area contributed by atoms with Crippen LogP contribution in [0.3, 0.4) is 0 Å². The van der Waals surface area contributed by atoms with Gasteiger partial charge in [-0.2, -0.15) is 0 Å². The van der Waals surface area contributed by atoms with Crippen LogP contribution in [0.1, 0.15) is 18.1 Å². The van der Waals surface area contributed by atoms with Gasteiger partial charge >= 0.3 is 0 Å². The lowest BCUT2D eigenvalue weighted by atomic mass is 10.1. The Hall–Kier alpha value is -2.40. The van der Waals surface area contributed by atoms with E-state index in [-0.39, 0.29) is 18.4 Å². The van der Waals surface area contributed by atoms with Crippen LogP contribution in [-0.4, -0.2) is 53.3 Å². The van der Waals surface area contributed by atoms with E-state index < -0.39 is 0 Å². The molecule has 0 spiro atoms. The van der Waals surface area contributed by atoms with Gasteiger partial charge in [-0.15, -0.1) is 0 Å². The van der Waals surface area contributed by atoms with Crippen LogP contribution < -0.4 is 0 Å². The zero-order valence-electron chi connectivity index (χ0n) is 15.2. The molecule has 0 N–H and O–H groups in total. The topological polar surface area (TPSA) is 53.5 Å². The van der Waals surface area contributed by atoms with Crippen LogP contribution in [0.5, 0.6) is 0 Å². The van der Waals surface area contributed by atoms with E-state index in [9.17, 15) is 9.59 Å². The molecule has 5 nitrogen and oxygen atoms in total. The van der Waals surface area contributed by atoms with Gasteiger partial charge in [-0.05, 0) is 48.2 Å². The van der Waals surface area contributed by atoms with E-state index in [0.717, 1.165) is 17.5 Å². The summed E-state index contributed by atoms with van der Waals surface area (Å²) in [6.07, 6.45) is 4.90. The summed E-state index contributed by atoms with van der Waals surface area (Å²) in [6.45, 7) is 2.66. The fourth-order valence-electron chi connectivity index (χ4n) is 2.56. The van der Waals surface area contributed by atoms with Crippen molar-refractivity contribution in [2.45, 2.75) is 19.8 Å². The molecule has 0 aliphatic heterocycles. The average molecular weight is 374 g/mol. The van der Waals surface area contributed by atoms with E-state index in [4.69, 9.17) is 11.6 Å². The number of hydrogen-bond donors (Lipinski definition) is 0. The summed E-state index contributed by atoms with van der Waals surface area (Å²) in [7, 11) is 1.76. The molecule has 2 aromatic rings. The van der Waals surface area contributed by atoms with Crippen LogP contribution in [0.15, 0.2) is 48.8 Å². The third-order valence-electron chi connectivity index (χ3n) is 4.24. The van der Waals surface area contributed by atoms with E-state index in [1.54, 1.807) is 29.2 Å². The van der Waals surface area contributed by atoms with E-state index in [1.807, 2.05) is 36.4 Å². The number of likely N-dealkylation sites (N-methyl/N-ethyl adjacent to an activating group) is 1. The summed E-state index contributed by atoms with van der Waals surface area (Å²) in [5, 5.41) is 0.670. The summed E-state index contributed by atoms with van der Waals surface area (Å²) in [5.74, 6) is -0.178. The van der Waals surface area contributed by atoms with Gasteiger partial charge < -0.3 is 9.80 Å². The van der Waals surface area contributed by atoms with Crippen molar-refractivity contribution in [2.24, 2.45) is 0 Å². The molecule has 0 fully saturated rings. The van der Waals surface area contributed by atoms with Crippen molar-refractivity contribution in [2.75, 3.05) is 26.7 Å². The first-order valence-electron chi connectivity index (χ1n) is 8.58. The summed E-state index contributed by atoms with van der Waals surface area (Å²) in [5.41, 5.74) is 2.17. The number of hydrogen-bond acceptors (Lipinski definition) is 3. The minimum Gasteiger partial charge on any atom is -0.344 e. The normalized spacial score (nSPS) is 10.4. The highest BCUT2D eigenvalue weighted by molar-refractivity contribution is 6.30. The summed E-state index contributed by atoms with van der Waals surface area (Å²) < 4.78 is 0. The van der Waals surface area contributed by atoms with Gasteiger partial charge in [0.1, 0.15) is 0 Å². The zero-order chi connectivity index (χ0) is 18.9. The molecule has 0 aliphatic carbocycles. The fraction of sp³-hybridized carbons (Fsp3) is 0.350. The highest BCUT2D eigenvalue weighted by atomic mass is 35.5. The van der Waals surface area contributed by atoms with Gasteiger partial charge in [0.05, 0.1) is 6.54 Å². The van der Waals surface area contributed by atoms with E-state index in [2.05, 4.69) is 4.98 Å². The van der Waals surface area contributed by atoms with E-state index >= 15 is 0 Å². The number of amides is 2. The highest BCUT2D eigenvalue weighted by Crippen LogP contribution is 2.11. The first-order valence-corrected chi connectivity index (χ1v) is 8.96. The molecule has 0 bridgehead atoms. The predicted octanol–water partition coefficient (Wildman–Crippen LogP) is 2.83. The maximum Gasteiger partial charge on any atom is 0.241 e. The molecular formula is C20H24ClN3O2. The standard InChI is InChI=1S/C20H24ClN3O2/c1-16(25)24(13-9-18-4-3-5-19(21)14-18)15-20(26)23(2)12-8-17-6-10-22-11-7-17/h3-7,10-11,14H,8-9,12-13,15H2,1-2H3. The second kappa shape index (κ2) is 9.92. The molecule has 1 aromatic carbocycles. The quantitative estimate of drug-likeness (QED) is 0.715. The number of halogens is 1. The minimum atomic E-state index is -0.108. The Balaban J connectivity index is 1.85. The predicted molar refractivity (Wildman–Crippen MR) is 103 cm³/mol. The third kappa shape index (κ3) is 6.48. The van der Waals surface area contributed by atoms with Gasteiger partial charge in [0, 0.05) is 44.5 Å². The second-order valence-corrected chi connectivity index (χ2v) is 6.68. The van der Waals surface area contributed by atoms with Gasteiger partial charge in [0.15, 0.2) is 0 Å². The van der Waals surface area contributed by atoms with Gasteiger partial charge in [-0.1, -0.05) is 23.7 Å². The maximum absolute atomic E-state index is 12.4. The Morgan fingerprint density at radius 1 is 1.04 bits per heavy atom. The molecule has 0 saturated carbocycles. The van der Waals surface area contributed by atoms with Gasteiger partial charge in [-0.25, -0.2) is 0 Å². The zero-order valence-corrected chi connectivity index (χ0v) is 15.9.